The van der Waals surface area contributed by atoms with Crippen LogP contribution >= 0.6 is 0 Å². The van der Waals surface area contributed by atoms with Gasteiger partial charge < -0.3 is 19.7 Å². The number of benzene rings is 1. The van der Waals surface area contributed by atoms with E-state index in [0.717, 1.165) is 49.6 Å². The third-order valence-corrected chi connectivity index (χ3v) is 4.49. The average molecular weight is 393 g/mol. The molecule has 0 spiro atoms. The number of piperidine rings is 1. The van der Waals surface area contributed by atoms with E-state index in [0.29, 0.717) is 18.9 Å². The molecule has 1 aromatic rings. The number of nitrogens with one attached hydrogen (secondary N) is 1. The second-order valence-corrected chi connectivity index (χ2v) is 7.65. The van der Waals surface area contributed by atoms with E-state index in [9.17, 15) is 4.79 Å². The van der Waals surface area contributed by atoms with Gasteiger partial charge in [0.05, 0.1) is 11.4 Å². The molecule has 1 fully saturated rings. The smallest absolute Gasteiger partial charge is 0.306 e. The fraction of sp³-hybridized carbons (Fsp3) is 0.696. The van der Waals surface area contributed by atoms with Gasteiger partial charge in [0.2, 0.25) is 0 Å². The molecule has 0 aliphatic carbocycles. The maximum atomic E-state index is 12.0. The summed E-state index contributed by atoms with van der Waals surface area (Å²) in [5, 5.41) is 3.39. The first-order valence-corrected chi connectivity index (χ1v) is 10.9. The molecular weight excluding hydrogens is 352 g/mol. The average Bonchev–Trinajstić information content (AvgIpc) is 2.70. The molecule has 2 aliphatic rings. The van der Waals surface area contributed by atoms with Gasteiger partial charge in [-0.3, -0.25) is 4.79 Å². The lowest BCUT2D eigenvalue weighted by atomic mass is 9.93. The summed E-state index contributed by atoms with van der Waals surface area (Å²) in [5.74, 6) is 1.30. The summed E-state index contributed by atoms with van der Waals surface area (Å²) >= 11 is 0. The number of fused-ring (bicyclic) bond motifs is 1. The number of ether oxygens (including phenoxy) is 2. The molecule has 0 bridgehead atoms. The lowest BCUT2D eigenvalue weighted by Crippen LogP contribution is -2.36. The van der Waals surface area contributed by atoms with Gasteiger partial charge in [-0.15, -0.1) is 0 Å². The van der Waals surface area contributed by atoms with E-state index < -0.39 is 5.60 Å². The normalized spacial score (nSPS) is 16.2. The lowest BCUT2D eigenvalue weighted by Gasteiger charge is -2.35. The molecule has 2 aliphatic heterocycles. The van der Waals surface area contributed by atoms with Gasteiger partial charge in [0, 0.05) is 26.1 Å². The molecule has 1 saturated heterocycles. The number of carbonyl (C=O) groups excluding carboxylic acids is 1. The molecule has 1 aromatic carbocycles. The van der Waals surface area contributed by atoms with Crippen molar-refractivity contribution in [3.63, 3.8) is 0 Å². The van der Waals surface area contributed by atoms with Crippen LogP contribution in [0, 0.1) is 5.92 Å². The van der Waals surface area contributed by atoms with E-state index in [2.05, 4.69) is 28.4 Å². The second-order valence-electron chi connectivity index (χ2n) is 7.65. The highest BCUT2D eigenvalue weighted by Gasteiger charge is 2.26. The van der Waals surface area contributed by atoms with Crippen molar-refractivity contribution in [2.75, 3.05) is 36.5 Å². The highest BCUT2D eigenvalue weighted by molar-refractivity contribution is 5.73. The van der Waals surface area contributed by atoms with Crippen LogP contribution in [-0.4, -0.2) is 37.8 Å². The van der Waals surface area contributed by atoms with Crippen LogP contribution in [-0.2, 0) is 9.53 Å². The molecule has 5 nitrogen and oxygen atoms in total. The zero-order valence-electron chi connectivity index (χ0n) is 18.9. The number of hydrogen-bond acceptors (Lipinski definition) is 5. The Morgan fingerprint density at radius 1 is 1.18 bits per heavy atom. The maximum Gasteiger partial charge on any atom is 0.306 e. The molecule has 5 heteroatoms. The maximum absolute atomic E-state index is 12.0. The summed E-state index contributed by atoms with van der Waals surface area (Å²) in [7, 11) is 0. The Bertz CT molecular complexity index is 588. The number of anilines is 2. The van der Waals surface area contributed by atoms with Gasteiger partial charge in [-0.2, -0.15) is 0 Å². The predicted molar refractivity (Wildman–Crippen MR) is 119 cm³/mol. The lowest BCUT2D eigenvalue weighted by molar-refractivity contribution is -0.156. The number of para-hydroxylation sites is 1. The minimum Gasteiger partial charge on any atom is -0.487 e. The number of esters is 1. The third-order valence-electron chi connectivity index (χ3n) is 4.49. The Hall–Kier alpha value is -1.91. The molecular formula is C23H40N2O3. The first kappa shape index (κ1) is 24.1. The summed E-state index contributed by atoms with van der Waals surface area (Å²) in [6.07, 6.45) is 2.54. The zero-order valence-corrected chi connectivity index (χ0v) is 18.9. The first-order chi connectivity index (χ1) is 13.4. The molecule has 160 valence electrons. The van der Waals surface area contributed by atoms with Crippen molar-refractivity contribution in [2.24, 2.45) is 5.92 Å². The van der Waals surface area contributed by atoms with Crippen LogP contribution in [0.25, 0.3) is 0 Å². The molecule has 0 atom stereocenters. The van der Waals surface area contributed by atoms with Gasteiger partial charge in [-0.1, -0.05) is 33.8 Å². The van der Waals surface area contributed by atoms with Crippen molar-refractivity contribution >= 4 is 17.3 Å². The third kappa shape index (κ3) is 7.25. The van der Waals surface area contributed by atoms with Crippen LogP contribution in [0.3, 0.4) is 0 Å². The van der Waals surface area contributed by atoms with Crippen LogP contribution < -0.4 is 15.0 Å². The second kappa shape index (κ2) is 11.8. The zero-order chi connectivity index (χ0) is 21.2. The Morgan fingerprint density at radius 3 is 2.43 bits per heavy atom. The topological polar surface area (TPSA) is 50.8 Å². The van der Waals surface area contributed by atoms with E-state index in [1.54, 1.807) is 0 Å². The van der Waals surface area contributed by atoms with Gasteiger partial charge in [0.25, 0.3) is 0 Å². The van der Waals surface area contributed by atoms with Crippen LogP contribution in [0.4, 0.5) is 11.4 Å². The van der Waals surface area contributed by atoms with Crippen molar-refractivity contribution < 1.29 is 14.3 Å². The van der Waals surface area contributed by atoms with E-state index in [1.807, 2.05) is 48.5 Å². The van der Waals surface area contributed by atoms with E-state index in [1.165, 1.54) is 0 Å². The van der Waals surface area contributed by atoms with Crippen molar-refractivity contribution in [1.82, 2.24) is 0 Å². The Labute approximate surface area is 171 Å². The molecule has 0 unspecified atom stereocenters. The molecule has 2 heterocycles. The van der Waals surface area contributed by atoms with E-state index in [4.69, 9.17) is 9.47 Å². The minimum absolute atomic E-state index is 0.0782. The summed E-state index contributed by atoms with van der Waals surface area (Å²) in [5.41, 5.74) is 1.84. The van der Waals surface area contributed by atoms with Crippen molar-refractivity contribution in [3.05, 3.63) is 18.2 Å². The fourth-order valence-electron chi connectivity index (χ4n) is 3.40. The summed E-state index contributed by atoms with van der Waals surface area (Å²) in [6.45, 7) is 17.2. The summed E-state index contributed by atoms with van der Waals surface area (Å²) < 4.78 is 11.3. The van der Waals surface area contributed by atoms with Gasteiger partial charge in [0.15, 0.2) is 5.75 Å². The molecule has 0 aromatic heterocycles. The van der Waals surface area contributed by atoms with E-state index in [-0.39, 0.29) is 5.97 Å². The number of nitrogens with zero attached hydrogens (tertiary/aromatic N) is 1. The molecule has 28 heavy (non-hydrogen) atoms. The molecule has 1 N–H and O–H groups in total. The van der Waals surface area contributed by atoms with Gasteiger partial charge in [-0.25, -0.2) is 0 Å². The van der Waals surface area contributed by atoms with Crippen LogP contribution in [0.5, 0.6) is 5.75 Å². The van der Waals surface area contributed by atoms with Crippen LogP contribution in [0.2, 0.25) is 0 Å². The highest BCUT2D eigenvalue weighted by Crippen LogP contribution is 2.39. The monoisotopic (exact) mass is 392 g/mol. The SMILES string of the molecule is CC.CC.CC(C)(C)OC(=O)CC1CCN(c2cccc3c2OCCN3)CC1. The van der Waals surface area contributed by atoms with Crippen molar-refractivity contribution in [1.29, 1.82) is 0 Å². The fourth-order valence-corrected chi connectivity index (χ4v) is 3.40. The molecule has 3 rings (SSSR count). The predicted octanol–water partition coefficient (Wildman–Crippen LogP) is 5.49. The van der Waals surface area contributed by atoms with Gasteiger partial charge >= 0.3 is 5.97 Å². The minimum atomic E-state index is -0.398. The van der Waals surface area contributed by atoms with Gasteiger partial charge in [-0.05, 0) is 51.7 Å². The van der Waals surface area contributed by atoms with Crippen LogP contribution in [0.15, 0.2) is 18.2 Å². The number of rotatable bonds is 3. The summed E-state index contributed by atoms with van der Waals surface area (Å²) in [4.78, 5) is 14.4. The standard InChI is InChI=1S/C19H28N2O3.2C2H6/c1-19(2,3)24-17(22)13-14-7-10-21(11-8-14)16-6-4-5-15-18(16)23-12-9-20-15;2*1-2/h4-6,14,20H,7-13H2,1-3H3;2*1-2H3. The van der Waals surface area contributed by atoms with Crippen LogP contribution in [0.1, 0.15) is 67.7 Å². The number of carbonyl (C=O) groups is 1. The van der Waals surface area contributed by atoms with Crippen molar-refractivity contribution in [2.45, 2.75) is 73.3 Å². The molecule has 0 saturated carbocycles. The largest absolute Gasteiger partial charge is 0.487 e. The molecule has 0 amide bonds. The first-order valence-electron chi connectivity index (χ1n) is 10.9. The quantitative estimate of drug-likeness (QED) is 0.689. The highest BCUT2D eigenvalue weighted by atomic mass is 16.6. The molecule has 0 radical (unpaired) electrons. The number of hydrogen-bond donors (Lipinski definition) is 1. The summed E-state index contributed by atoms with van der Waals surface area (Å²) in [6, 6.07) is 6.26. The van der Waals surface area contributed by atoms with E-state index >= 15 is 0 Å². The van der Waals surface area contributed by atoms with Gasteiger partial charge in [0.1, 0.15) is 12.2 Å². The van der Waals surface area contributed by atoms with Crippen molar-refractivity contribution in [3.8, 4) is 5.75 Å². The Balaban J connectivity index is 0.000000921. The Morgan fingerprint density at radius 2 is 1.82 bits per heavy atom. The Kier molecular flexibility index (Phi) is 10.2.